The van der Waals surface area contributed by atoms with E-state index in [1.165, 1.54) is 0 Å². The Balaban J connectivity index is 1.65. The highest BCUT2D eigenvalue weighted by molar-refractivity contribution is 5.81. The van der Waals surface area contributed by atoms with Crippen LogP contribution in [0.1, 0.15) is 39.5 Å². The maximum atomic E-state index is 11.9. The number of hydrogen-bond donors (Lipinski definition) is 1. The zero-order chi connectivity index (χ0) is 13.8. The number of nitrogens with one attached hydrogen (secondary N) is 1. The first-order valence-electron chi connectivity index (χ1n) is 7.28. The van der Waals surface area contributed by atoms with Gasteiger partial charge in [0.15, 0.2) is 0 Å². The molecule has 2 rings (SSSR count). The lowest BCUT2D eigenvalue weighted by atomic mass is 10.0. The molecule has 0 unspecified atom stereocenters. The molecule has 1 aliphatic heterocycles. The van der Waals surface area contributed by atoms with E-state index in [2.05, 4.69) is 5.32 Å². The van der Waals surface area contributed by atoms with Crippen LogP contribution in [0.4, 0.5) is 4.79 Å². The van der Waals surface area contributed by atoms with Gasteiger partial charge in [-0.1, -0.05) is 13.8 Å². The second kappa shape index (κ2) is 6.26. The summed E-state index contributed by atoms with van der Waals surface area (Å²) in [6.07, 6.45) is 3.43. The predicted molar refractivity (Wildman–Crippen MR) is 71.6 cm³/mol. The highest BCUT2D eigenvalue weighted by Gasteiger charge is 2.35. The molecule has 1 saturated carbocycles. The van der Waals surface area contributed by atoms with Gasteiger partial charge in [-0.25, -0.2) is 4.79 Å². The van der Waals surface area contributed by atoms with Crippen LogP contribution in [-0.2, 0) is 9.53 Å². The summed E-state index contributed by atoms with van der Waals surface area (Å²) < 4.78 is 5.10. The maximum absolute atomic E-state index is 11.9. The number of likely N-dealkylation sites (tertiary alicyclic amines) is 1. The third-order valence-electron chi connectivity index (χ3n) is 3.60. The van der Waals surface area contributed by atoms with E-state index in [-0.39, 0.29) is 12.1 Å². The molecule has 0 aromatic heterocycles. The lowest BCUT2D eigenvalue weighted by Gasteiger charge is -2.32. The second-order valence-corrected chi connectivity index (χ2v) is 6.01. The van der Waals surface area contributed by atoms with Crippen LogP contribution in [0.2, 0.25) is 0 Å². The molecule has 0 atom stereocenters. The fraction of sp³-hybridized carbons (Fsp3) is 0.857. The molecule has 1 aliphatic carbocycles. The lowest BCUT2D eigenvalue weighted by molar-refractivity contribution is -0.133. The van der Waals surface area contributed by atoms with Crippen LogP contribution in [0.15, 0.2) is 0 Å². The summed E-state index contributed by atoms with van der Waals surface area (Å²) in [7, 11) is 0. The SMILES string of the molecule is CC(C)COC(=O)NC1CCN(C(=O)C2CC2)CC1. The van der Waals surface area contributed by atoms with Gasteiger partial charge in [0, 0.05) is 25.0 Å². The molecule has 108 valence electrons. The summed E-state index contributed by atoms with van der Waals surface area (Å²) in [4.78, 5) is 25.4. The van der Waals surface area contributed by atoms with Crippen molar-refractivity contribution in [3.8, 4) is 0 Å². The average molecular weight is 268 g/mol. The number of ether oxygens (including phenoxy) is 1. The van der Waals surface area contributed by atoms with E-state index in [4.69, 9.17) is 4.74 Å². The third kappa shape index (κ3) is 4.40. The van der Waals surface area contributed by atoms with E-state index < -0.39 is 0 Å². The molecular formula is C14H24N2O3. The Hall–Kier alpha value is -1.26. The number of alkyl carbamates (subject to hydrolysis) is 1. The molecule has 5 heteroatoms. The van der Waals surface area contributed by atoms with Crippen LogP contribution in [0.25, 0.3) is 0 Å². The predicted octanol–water partition coefficient (Wildman–Crippen LogP) is 1.77. The van der Waals surface area contributed by atoms with Crippen molar-refractivity contribution in [1.29, 1.82) is 0 Å². The fourth-order valence-electron chi connectivity index (χ4n) is 2.28. The Morgan fingerprint density at radius 1 is 1.21 bits per heavy atom. The van der Waals surface area contributed by atoms with Gasteiger partial charge in [0.1, 0.15) is 0 Å². The molecule has 1 heterocycles. The number of piperidine rings is 1. The van der Waals surface area contributed by atoms with Crippen LogP contribution in [-0.4, -0.2) is 42.6 Å². The largest absolute Gasteiger partial charge is 0.449 e. The van der Waals surface area contributed by atoms with Gasteiger partial charge in [-0.15, -0.1) is 0 Å². The van der Waals surface area contributed by atoms with E-state index >= 15 is 0 Å². The van der Waals surface area contributed by atoms with Gasteiger partial charge >= 0.3 is 6.09 Å². The van der Waals surface area contributed by atoms with Gasteiger partial charge in [-0.2, -0.15) is 0 Å². The Bertz CT molecular complexity index is 332. The molecule has 5 nitrogen and oxygen atoms in total. The smallest absolute Gasteiger partial charge is 0.407 e. The van der Waals surface area contributed by atoms with Crippen LogP contribution in [0, 0.1) is 11.8 Å². The van der Waals surface area contributed by atoms with Crippen molar-refractivity contribution in [2.75, 3.05) is 19.7 Å². The highest BCUT2D eigenvalue weighted by Crippen LogP contribution is 2.31. The summed E-state index contributed by atoms with van der Waals surface area (Å²) in [6.45, 7) is 5.98. The number of carbonyl (C=O) groups excluding carboxylic acids is 2. The van der Waals surface area contributed by atoms with Crippen LogP contribution in [0.5, 0.6) is 0 Å². The molecule has 0 spiro atoms. The van der Waals surface area contributed by atoms with E-state index in [1.807, 2.05) is 18.7 Å². The number of hydrogen-bond acceptors (Lipinski definition) is 3. The molecule has 1 N–H and O–H groups in total. The zero-order valence-corrected chi connectivity index (χ0v) is 11.9. The number of amides is 2. The highest BCUT2D eigenvalue weighted by atomic mass is 16.5. The summed E-state index contributed by atoms with van der Waals surface area (Å²) >= 11 is 0. The lowest BCUT2D eigenvalue weighted by Crippen LogP contribution is -2.47. The first-order valence-corrected chi connectivity index (χ1v) is 7.28. The monoisotopic (exact) mass is 268 g/mol. The standard InChI is InChI=1S/C14H24N2O3/c1-10(2)9-19-14(18)15-12-5-7-16(8-6-12)13(17)11-3-4-11/h10-12H,3-9H2,1-2H3,(H,15,18). The van der Waals surface area contributed by atoms with Crippen LogP contribution in [0.3, 0.4) is 0 Å². The summed E-state index contributed by atoms with van der Waals surface area (Å²) in [5.74, 6) is 0.949. The Morgan fingerprint density at radius 3 is 2.37 bits per heavy atom. The van der Waals surface area contributed by atoms with Crippen molar-refractivity contribution >= 4 is 12.0 Å². The first kappa shape index (κ1) is 14.2. The van der Waals surface area contributed by atoms with Gasteiger partial charge in [-0.3, -0.25) is 4.79 Å². The quantitative estimate of drug-likeness (QED) is 0.845. The maximum Gasteiger partial charge on any atom is 0.407 e. The van der Waals surface area contributed by atoms with Crippen molar-refractivity contribution in [3.05, 3.63) is 0 Å². The topological polar surface area (TPSA) is 58.6 Å². The van der Waals surface area contributed by atoms with Gasteiger partial charge < -0.3 is 15.0 Å². The molecule has 2 fully saturated rings. The molecular weight excluding hydrogens is 244 g/mol. The van der Waals surface area contributed by atoms with Crippen molar-refractivity contribution in [3.63, 3.8) is 0 Å². The molecule has 0 radical (unpaired) electrons. The molecule has 1 saturated heterocycles. The average Bonchev–Trinajstić information content (AvgIpc) is 3.21. The van der Waals surface area contributed by atoms with Gasteiger partial charge in [-0.05, 0) is 31.6 Å². The number of nitrogens with zero attached hydrogens (tertiary/aromatic N) is 1. The van der Waals surface area contributed by atoms with Crippen molar-refractivity contribution in [2.45, 2.75) is 45.6 Å². The normalized spacial score (nSPS) is 20.5. The summed E-state index contributed by atoms with van der Waals surface area (Å²) in [6, 6.07) is 0.142. The van der Waals surface area contributed by atoms with E-state index in [9.17, 15) is 9.59 Å². The summed E-state index contributed by atoms with van der Waals surface area (Å²) in [5, 5.41) is 2.88. The molecule has 2 aliphatic rings. The zero-order valence-electron chi connectivity index (χ0n) is 11.9. The minimum Gasteiger partial charge on any atom is -0.449 e. The van der Waals surface area contributed by atoms with Crippen LogP contribution >= 0.6 is 0 Å². The molecule has 0 aromatic carbocycles. The van der Waals surface area contributed by atoms with Crippen LogP contribution < -0.4 is 5.32 Å². The number of rotatable bonds is 4. The van der Waals surface area contributed by atoms with Gasteiger partial charge in [0.05, 0.1) is 6.61 Å². The van der Waals surface area contributed by atoms with E-state index in [0.717, 1.165) is 38.8 Å². The van der Waals surface area contributed by atoms with E-state index in [0.29, 0.717) is 24.3 Å². The van der Waals surface area contributed by atoms with E-state index in [1.54, 1.807) is 0 Å². The van der Waals surface area contributed by atoms with Crippen molar-refractivity contribution in [1.82, 2.24) is 10.2 Å². The van der Waals surface area contributed by atoms with Gasteiger partial charge in [0.25, 0.3) is 0 Å². The first-order chi connectivity index (χ1) is 9.06. The number of carbonyl (C=O) groups is 2. The van der Waals surface area contributed by atoms with Gasteiger partial charge in [0.2, 0.25) is 5.91 Å². The molecule has 0 aromatic rings. The van der Waals surface area contributed by atoms with Crippen molar-refractivity contribution < 1.29 is 14.3 Å². The third-order valence-corrected chi connectivity index (χ3v) is 3.60. The summed E-state index contributed by atoms with van der Waals surface area (Å²) in [5.41, 5.74) is 0. The molecule has 19 heavy (non-hydrogen) atoms. The fourth-order valence-corrected chi connectivity index (χ4v) is 2.28. The molecule has 2 amide bonds. The molecule has 0 bridgehead atoms. The van der Waals surface area contributed by atoms with Crippen molar-refractivity contribution in [2.24, 2.45) is 11.8 Å². The second-order valence-electron chi connectivity index (χ2n) is 6.01. The minimum absolute atomic E-state index is 0.142. The Kier molecular flexibility index (Phi) is 4.66. The Morgan fingerprint density at radius 2 is 1.84 bits per heavy atom. The Labute approximate surface area is 114 Å². The minimum atomic E-state index is -0.333.